The third-order valence-electron chi connectivity index (χ3n) is 3.06. The summed E-state index contributed by atoms with van der Waals surface area (Å²) in [5.41, 5.74) is 1.19. The van der Waals surface area contributed by atoms with Crippen molar-refractivity contribution in [2.45, 2.75) is 33.1 Å². The molecule has 0 bridgehead atoms. The van der Waals surface area contributed by atoms with Crippen molar-refractivity contribution in [3.63, 3.8) is 0 Å². The second kappa shape index (κ2) is 9.78. The third kappa shape index (κ3) is 6.58. The van der Waals surface area contributed by atoms with Gasteiger partial charge in [-0.3, -0.25) is 9.59 Å². The molecule has 0 atom stereocenters. The van der Waals surface area contributed by atoms with Crippen LogP contribution in [-0.2, 0) is 14.3 Å². The second-order valence-corrected chi connectivity index (χ2v) is 5.03. The van der Waals surface area contributed by atoms with Gasteiger partial charge in [0.2, 0.25) is 0 Å². The standard InChI is InChI=1S/C16H24N2O4/c1-3-4-9-22-10-5-8-17-15(20)16(21)18-14-7-6-13(19)11-12(14)2/h6-7,11,19H,3-5,8-10H2,1-2H3,(H,17,20)(H,18,21). The van der Waals surface area contributed by atoms with Crippen molar-refractivity contribution < 1.29 is 19.4 Å². The van der Waals surface area contributed by atoms with Crippen LogP contribution in [0.2, 0.25) is 0 Å². The minimum Gasteiger partial charge on any atom is -0.508 e. The average molecular weight is 308 g/mol. The van der Waals surface area contributed by atoms with Gasteiger partial charge in [-0.2, -0.15) is 0 Å². The Morgan fingerprint density at radius 3 is 2.59 bits per heavy atom. The van der Waals surface area contributed by atoms with E-state index in [2.05, 4.69) is 17.6 Å². The number of benzene rings is 1. The van der Waals surface area contributed by atoms with Gasteiger partial charge in [0.05, 0.1) is 0 Å². The highest BCUT2D eigenvalue weighted by molar-refractivity contribution is 6.39. The van der Waals surface area contributed by atoms with E-state index in [0.29, 0.717) is 30.8 Å². The van der Waals surface area contributed by atoms with Gasteiger partial charge in [0.15, 0.2) is 0 Å². The monoisotopic (exact) mass is 308 g/mol. The fraction of sp³-hybridized carbons (Fsp3) is 0.500. The maximum atomic E-state index is 11.7. The molecule has 0 saturated heterocycles. The predicted octanol–water partition coefficient (Wildman–Crippen LogP) is 1.96. The molecule has 0 aromatic heterocycles. The summed E-state index contributed by atoms with van der Waals surface area (Å²) in [6.45, 7) is 5.52. The molecule has 0 radical (unpaired) electrons. The lowest BCUT2D eigenvalue weighted by Gasteiger charge is -2.09. The molecule has 1 rings (SSSR count). The Morgan fingerprint density at radius 2 is 1.91 bits per heavy atom. The number of aromatic hydroxyl groups is 1. The SMILES string of the molecule is CCCCOCCCNC(=O)C(=O)Nc1ccc(O)cc1C. The van der Waals surface area contributed by atoms with E-state index in [0.717, 1.165) is 19.4 Å². The quantitative estimate of drug-likeness (QED) is 0.389. The third-order valence-corrected chi connectivity index (χ3v) is 3.06. The average Bonchev–Trinajstić information content (AvgIpc) is 2.48. The summed E-state index contributed by atoms with van der Waals surface area (Å²) < 4.78 is 5.36. The smallest absolute Gasteiger partial charge is 0.313 e. The van der Waals surface area contributed by atoms with Crippen molar-refractivity contribution in [2.24, 2.45) is 0 Å². The number of carbonyl (C=O) groups is 2. The van der Waals surface area contributed by atoms with Crippen molar-refractivity contribution in [1.29, 1.82) is 0 Å². The first kappa shape index (κ1) is 18.0. The van der Waals surface area contributed by atoms with Crippen LogP contribution in [0.4, 0.5) is 5.69 Å². The van der Waals surface area contributed by atoms with E-state index < -0.39 is 11.8 Å². The van der Waals surface area contributed by atoms with Crippen molar-refractivity contribution in [3.05, 3.63) is 23.8 Å². The normalized spacial score (nSPS) is 10.3. The van der Waals surface area contributed by atoms with Crippen LogP contribution in [0.15, 0.2) is 18.2 Å². The number of unbranched alkanes of at least 4 members (excludes halogenated alkanes) is 1. The van der Waals surface area contributed by atoms with Gasteiger partial charge in [-0.05, 0) is 43.5 Å². The van der Waals surface area contributed by atoms with Crippen LogP contribution in [0.25, 0.3) is 0 Å². The Balaban J connectivity index is 2.26. The van der Waals surface area contributed by atoms with E-state index in [1.54, 1.807) is 13.0 Å². The van der Waals surface area contributed by atoms with Gasteiger partial charge in [0, 0.05) is 25.4 Å². The molecule has 6 nitrogen and oxygen atoms in total. The molecule has 0 heterocycles. The number of hydrogen-bond donors (Lipinski definition) is 3. The number of ether oxygens (including phenoxy) is 1. The Bertz CT molecular complexity index is 503. The molecule has 6 heteroatoms. The van der Waals surface area contributed by atoms with Gasteiger partial charge in [0.1, 0.15) is 5.75 Å². The fourth-order valence-corrected chi connectivity index (χ4v) is 1.77. The highest BCUT2D eigenvalue weighted by atomic mass is 16.5. The van der Waals surface area contributed by atoms with Gasteiger partial charge < -0.3 is 20.5 Å². The van der Waals surface area contributed by atoms with Crippen LogP contribution in [0.1, 0.15) is 31.7 Å². The number of nitrogens with one attached hydrogen (secondary N) is 2. The summed E-state index contributed by atoms with van der Waals surface area (Å²) in [6, 6.07) is 4.52. The minimum absolute atomic E-state index is 0.114. The zero-order valence-electron chi connectivity index (χ0n) is 13.1. The van der Waals surface area contributed by atoms with Crippen molar-refractivity contribution in [1.82, 2.24) is 5.32 Å². The number of amides is 2. The van der Waals surface area contributed by atoms with Crippen LogP contribution in [0.3, 0.4) is 0 Å². The number of rotatable bonds is 8. The molecule has 0 unspecified atom stereocenters. The van der Waals surface area contributed by atoms with E-state index in [1.165, 1.54) is 12.1 Å². The Morgan fingerprint density at radius 1 is 1.18 bits per heavy atom. The van der Waals surface area contributed by atoms with Crippen molar-refractivity contribution in [3.8, 4) is 5.75 Å². The molecule has 0 spiro atoms. The molecule has 122 valence electrons. The highest BCUT2D eigenvalue weighted by Gasteiger charge is 2.14. The van der Waals surface area contributed by atoms with Crippen molar-refractivity contribution >= 4 is 17.5 Å². The van der Waals surface area contributed by atoms with Gasteiger partial charge in [-0.25, -0.2) is 0 Å². The lowest BCUT2D eigenvalue weighted by Crippen LogP contribution is -2.36. The molecule has 0 fully saturated rings. The summed E-state index contributed by atoms with van der Waals surface area (Å²) in [4.78, 5) is 23.4. The molecular formula is C16H24N2O4. The number of phenols is 1. The number of phenolic OH excluding ortho intramolecular Hbond substituents is 1. The van der Waals surface area contributed by atoms with E-state index in [4.69, 9.17) is 4.74 Å². The lowest BCUT2D eigenvalue weighted by molar-refractivity contribution is -0.136. The summed E-state index contributed by atoms with van der Waals surface area (Å²) in [5.74, 6) is -1.29. The topological polar surface area (TPSA) is 87.7 Å². The summed E-state index contributed by atoms with van der Waals surface area (Å²) in [6.07, 6.45) is 2.79. The fourth-order valence-electron chi connectivity index (χ4n) is 1.77. The first-order valence-corrected chi connectivity index (χ1v) is 7.51. The summed E-state index contributed by atoms with van der Waals surface area (Å²) >= 11 is 0. The van der Waals surface area contributed by atoms with Gasteiger partial charge >= 0.3 is 11.8 Å². The molecule has 3 N–H and O–H groups in total. The summed E-state index contributed by atoms with van der Waals surface area (Å²) in [5, 5.41) is 14.4. The van der Waals surface area contributed by atoms with Crippen LogP contribution < -0.4 is 10.6 Å². The zero-order valence-corrected chi connectivity index (χ0v) is 13.1. The zero-order chi connectivity index (χ0) is 16.4. The molecule has 0 aliphatic rings. The first-order chi connectivity index (χ1) is 10.5. The van der Waals surface area contributed by atoms with E-state index in [1.807, 2.05) is 0 Å². The maximum Gasteiger partial charge on any atom is 0.313 e. The lowest BCUT2D eigenvalue weighted by atomic mass is 10.2. The summed E-state index contributed by atoms with van der Waals surface area (Å²) in [7, 11) is 0. The molecule has 0 aliphatic carbocycles. The number of anilines is 1. The Labute approximate surface area is 130 Å². The van der Waals surface area contributed by atoms with Crippen LogP contribution in [-0.4, -0.2) is 36.7 Å². The van der Waals surface area contributed by atoms with Gasteiger partial charge in [-0.1, -0.05) is 13.3 Å². The molecule has 1 aromatic carbocycles. The molecular weight excluding hydrogens is 284 g/mol. The Kier molecular flexibility index (Phi) is 7.99. The molecule has 2 amide bonds. The number of carbonyl (C=O) groups excluding carboxylic acids is 2. The van der Waals surface area contributed by atoms with Crippen LogP contribution in [0, 0.1) is 6.92 Å². The molecule has 1 aromatic rings. The number of aryl methyl sites for hydroxylation is 1. The van der Waals surface area contributed by atoms with E-state index in [9.17, 15) is 14.7 Å². The maximum absolute atomic E-state index is 11.7. The first-order valence-electron chi connectivity index (χ1n) is 7.51. The second-order valence-electron chi connectivity index (χ2n) is 5.03. The number of hydrogen-bond acceptors (Lipinski definition) is 4. The minimum atomic E-state index is -0.722. The predicted molar refractivity (Wildman–Crippen MR) is 84.8 cm³/mol. The van der Waals surface area contributed by atoms with Gasteiger partial charge in [0.25, 0.3) is 0 Å². The van der Waals surface area contributed by atoms with Crippen LogP contribution in [0.5, 0.6) is 5.75 Å². The van der Waals surface area contributed by atoms with Crippen LogP contribution >= 0.6 is 0 Å². The van der Waals surface area contributed by atoms with Crippen molar-refractivity contribution in [2.75, 3.05) is 25.1 Å². The van der Waals surface area contributed by atoms with Gasteiger partial charge in [-0.15, -0.1) is 0 Å². The molecule has 22 heavy (non-hydrogen) atoms. The molecule has 0 saturated carbocycles. The Hall–Kier alpha value is -2.08. The highest BCUT2D eigenvalue weighted by Crippen LogP contribution is 2.19. The van der Waals surface area contributed by atoms with E-state index in [-0.39, 0.29) is 5.75 Å². The van der Waals surface area contributed by atoms with E-state index >= 15 is 0 Å². The largest absolute Gasteiger partial charge is 0.508 e. The molecule has 0 aliphatic heterocycles.